The molecule has 0 amide bonds. The number of aryl methyl sites for hydroxylation is 1. The van der Waals surface area contributed by atoms with Crippen LogP contribution in [0, 0.1) is 41.4 Å². The van der Waals surface area contributed by atoms with E-state index in [1.807, 2.05) is 19.1 Å². The SMILES string of the molecule is Cc1ccc(S(=O)(=O)O[C@@H]2CC[C@H]3[C@@H]4CC[C@H]5CCCC[C@]5(C)[C@H]4CC[C@]23C)cc1. The molecule has 4 fully saturated rings. The summed E-state index contributed by atoms with van der Waals surface area (Å²) in [6.45, 7) is 6.91. The van der Waals surface area contributed by atoms with Crippen molar-refractivity contribution in [3.05, 3.63) is 29.8 Å². The van der Waals surface area contributed by atoms with Crippen LogP contribution in [-0.2, 0) is 14.3 Å². The second-order valence-electron chi connectivity index (χ2n) is 11.4. The summed E-state index contributed by atoms with van der Waals surface area (Å²) in [6, 6.07) is 7.07. The smallest absolute Gasteiger partial charge is 0.262 e. The molecule has 4 heteroatoms. The lowest BCUT2D eigenvalue weighted by molar-refractivity contribution is -0.117. The van der Waals surface area contributed by atoms with Gasteiger partial charge in [-0.05, 0) is 105 Å². The van der Waals surface area contributed by atoms with E-state index in [1.54, 1.807) is 12.1 Å². The van der Waals surface area contributed by atoms with E-state index in [0.29, 0.717) is 16.2 Å². The number of rotatable bonds is 3. The van der Waals surface area contributed by atoms with Gasteiger partial charge in [-0.3, -0.25) is 4.18 Å². The number of fused-ring (bicyclic) bond motifs is 5. The Hall–Kier alpha value is -0.870. The first kappa shape index (κ1) is 21.0. The predicted octanol–water partition coefficient (Wildman–Crippen LogP) is 6.50. The molecule has 4 saturated carbocycles. The maximum Gasteiger partial charge on any atom is 0.297 e. The maximum atomic E-state index is 13.0. The second-order valence-corrected chi connectivity index (χ2v) is 12.9. The van der Waals surface area contributed by atoms with Gasteiger partial charge < -0.3 is 0 Å². The zero-order valence-corrected chi connectivity index (χ0v) is 19.7. The van der Waals surface area contributed by atoms with E-state index in [-0.39, 0.29) is 11.5 Å². The van der Waals surface area contributed by atoms with Gasteiger partial charge in [-0.2, -0.15) is 8.42 Å². The zero-order valence-electron chi connectivity index (χ0n) is 18.9. The Morgan fingerprint density at radius 1 is 0.833 bits per heavy atom. The highest BCUT2D eigenvalue weighted by atomic mass is 32.2. The van der Waals surface area contributed by atoms with Crippen molar-refractivity contribution in [1.29, 1.82) is 0 Å². The lowest BCUT2D eigenvalue weighted by Crippen LogP contribution is -2.53. The lowest BCUT2D eigenvalue weighted by atomic mass is 9.45. The Kier molecular flexibility index (Phi) is 5.13. The van der Waals surface area contributed by atoms with Crippen molar-refractivity contribution in [3.8, 4) is 0 Å². The van der Waals surface area contributed by atoms with E-state index < -0.39 is 10.1 Å². The monoisotopic (exact) mass is 430 g/mol. The molecule has 0 heterocycles. The minimum absolute atomic E-state index is 0.00318. The minimum Gasteiger partial charge on any atom is -0.262 e. The number of hydrogen-bond donors (Lipinski definition) is 0. The van der Waals surface area contributed by atoms with Crippen LogP contribution in [0.4, 0.5) is 0 Å². The Morgan fingerprint density at radius 2 is 1.57 bits per heavy atom. The summed E-state index contributed by atoms with van der Waals surface area (Å²) in [5.41, 5.74) is 1.58. The Labute approximate surface area is 183 Å². The van der Waals surface area contributed by atoms with Gasteiger partial charge in [0, 0.05) is 0 Å². The van der Waals surface area contributed by atoms with Crippen molar-refractivity contribution in [2.45, 2.75) is 96.0 Å². The highest BCUT2D eigenvalue weighted by Gasteiger charge is 2.60. The molecule has 1 aromatic rings. The van der Waals surface area contributed by atoms with Gasteiger partial charge in [0.2, 0.25) is 0 Å². The van der Waals surface area contributed by atoms with Gasteiger partial charge in [-0.15, -0.1) is 0 Å². The fourth-order valence-corrected chi connectivity index (χ4v) is 9.52. The van der Waals surface area contributed by atoms with Crippen molar-refractivity contribution in [2.24, 2.45) is 34.5 Å². The van der Waals surface area contributed by atoms with E-state index in [2.05, 4.69) is 13.8 Å². The van der Waals surface area contributed by atoms with Crippen molar-refractivity contribution in [1.82, 2.24) is 0 Å². The van der Waals surface area contributed by atoms with Crippen molar-refractivity contribution in [2.75, 3.05) is 0 Å². The summed E-state index contributed by atoms with van der Waals surface area (Å²) in [5, 5.41) is 0. The molecule has 30 heavy (non-hydrogen) atoms. The molecule has 5 rings (SSSR count). The Bertz CT molecular complexity index is 891. The van der Waals surface area contributed by atoms with Crippen LogP contribution >= 0.6 is 0 Å². The molecule has 4 aliphatic rings. The molecule has 166 valence electrons. The molecule has 3 nitrogen and oxygen atoms in total. The van der Waals surface area contributed by atoms with Crippen molar-refractivity contribution < 1.29 is 12.6 Å². The molecule has 0 bridgehead atoms. The molecule has 1 aromatic carbocycles. The summed E-state index contributed by atoms with van der Waals surface area (Å²) in [7, 11) is -3.71. The van der Waals surface area contributed by atoms with Gasteiger partial charge in [0.25, 0.3) is 10.1 Å². The van der Waals surface area contributed by atoms with Gasteiger partial charge in [-0.25, -0.2) is 0 Å². The third kappa shape index (κ3) is 3.20. The van der Waals surface area contributed by atoms with Crippen LogP contribution in [-0.4, -0.2) is 14.5 Å². The number of benzene rings is 1. The molecule has 0 unspecified atom stereocenters. The molecule has 0 saturated heterocycles. The van der Waals surface area contributed by atoms with Gasteiger partial charge in [0.1, 0.15) is 0 Å². The fraction of sp³-hybridized carbons (Fsp3) is 0.769. The average Bonchev–Trinajstić information content (AvgIpc) is 3.03. The highest BCUT2D eigenvalue weighted by molar-refractivity contribution is 7.86. The summed E-state index contributed by atoms with van der Waals surface area (Å²) >= 11 is 0. The molecule has 7 atom stereocenters. The van der Waals surface area contributed by atoms with Crippen LogP contribution in [0.1, 0.15) is 83.6 Å². The zero-order chi connectivity index (χ0) is 21.1. The first-order valence-electron chi connectivity index (χ1n) is 12.2. The van der Waals surface area contributed by atoms with Crippen molar-refractivity contribution >= 4 is 10.1 Å². The second kappa shape index (κ2) is 7.33. The topological polar surface area (TPSA) is 43.4 Å². The van der Waals surface area contributed by atoms with E-state index in [1.165, 1.54) is 44.9 Å². The van der Waals surface area contributed by atoms with Crippen LogP contribution < -0.4 is 0 Å². The first-order valence-corrected chi connectivity index (χ1v) is 13.6. The quantitative estimate of drug-likeness (QED) is 0.514. The fourth-order valence-electron chi connectivity index (χ4n) is 8.32. The van der Waals surface area contributed by atoms with Crippen LogP contribution in [0.5, 0.6) is 0 Å². The van der Waals surface area contributed by atoms with Gasteiger partial charge in [0.15, 0.2) is 0 Å². The highest BCUT2D eigenvalue weighted by Crippen LogP contribution is 2.66. The summed E-state index contributed by atoms with van der Waals surface area (Å²) < 4.78 is 32.0. The third-order valence-corrected chi connectivity index (χ3v) is 11.4. The van der Waals surface area contributed by atoms with Gasteiger partial charge >= 0.3 is 0 Å². The largest absolute Gasteiger partial charge is 0.297 e. The molecule has 0 spiro atoms. The van der Waals surface area contributed by atoms with Gasteiger partial charge in [-0.1, -0.05) is 44.4 Å². The Balaban J connectivity index is 1.37. The van der Waals surface area contributed by atoms with E-state index >= 15 is 0 Å². The standard InChI is InChI=1S/C26H38O3S/c1-18-7-10-20(11-8-18)30(27,28)29-24-14-13-22-21-12-9-19-6-4-5-16-25(19,2)23(21)15-17-26(22,24)3/h7-8,10-11,19,21-24H,4-6,9,12-17H2,1-3H3/t19-,21+,22+,23+,24-,25+,26+/m1/s1. The normalized spacial score (nSPS) is 43.5. The van der Waals surface area contributed by atoms with E-state index in [9.17, 15) is 8.42 Å². The van der Waals surface area contributed by atoms with E-state index in [0.717, 1.165) is 42.6 Å². The molecule has 0 aliphatic heterocycles. The van der Waals surface area contributed by atoms with Crippen LogP contribution in [0.25, 0.3) is 0 Å². The summed E-state index contributed by atoms with van der Waals surface area (Å²) in [6.07, 6.45) is 12.6. The molecule has 0 N–H and O–H groups in total. The predicted molar refractivity (Wildman–Crippen MR) is 120 cm³/mol. The molecule has 4 aliphatic carbocycles. The number of hydrogen-bond acceptors (Lipinski definition) is 3. The Morgan fingerprint density at radius 3 is 2.33 bits per heavy atom. The summed E-state index contributed by atoms with van der Waals surface area (Å²) in [4.78, 5) is 0.295. The summed E-state index contributed by atoms with van der Waals surface area (Å²) in [5.74, 6) is 3.14. The van der Waals surface area contributed by atoms with Crippen LogP contribution in [0.3, 0.4) is 0 Å². The average molecular weight is 431 g/mol. The molecule has 0 radical (unpaired) electrons. The lowest BCUT2D eigenvalue weighted by Gasteiger charge is -2.60. The van der Waals surface area contributed by atoms with E-state index in [4.69, 9.17) is 4.18 Å². The first-order chi connectivity index (χ1) is 14.2. The third-order valence-electron chi connectivity index (χ3n) is 10.0. The molecular weight excluding hydrogens is 392 g/mol. The molecular formula is C26H38O3S. The maximum absolute atomic E-state index is 13.0. The van der Waals surface area contributed by atoms with Crippen molar-refractivity contribution in [3.63, 3.8) is 0 Å². The molecule has 0 aromatic heterocycles. The van der Waals surface area contributed by atoms with Crippen LogP contribution in [0.2, 0.25) is 0 Å². The van der Waals surface area contributed by atoms with Gasteiger partial charge in [0.05, 0.1) is 11.0 Å². The minimum atomic E-state index is -3.71. The van der Waals surface area contributed by atoms with Crippen LogP contribution in [0.15, 0.2) is 29.2 Å².